The molecule has 1 aromatic heterocycles. The number of amides is 2. The molecule has 4 rings (SSSR count). The van der Waals surface area contributed by atoms with Gasteiger partial charge >= 0.3 is 0 Å². The van der Waals surface area contributed by atoms with Gasteiger partial charge in [-0.2, -0.15) is 0 Å². The van der Waals surface area contributed by atoms with Crippen LogP contribution in [0.2, 0.25) is 0 Å². The summed E-state index contributed by atoms with van der Waals surface area (Å²) >= 11 is 1.61. The average molecular weight is 364 g/mol. The van der Waals surface area contributed by atoms with E-state index in [1.54, 1.807) is 11.3 Å². The first-order valence-electron chi connectivity index (χ1n) is 9.07. The lowest BCUT2D eigenvalue weighted by molar-refractivity contribution is -0.140. The maximum atomic E-state index is 12.7. The molecule has 0 bridgehead atoms. The first kappa shape index (κ1) is 17.0. The zero-order valence-electron chi connectivity index (χ0n) is 14.4. The van der Waals surface area contributed by atoms with E-state index in [4.69, 9.17) is 9.47 Å². The Morgan fingerprint density at radius 2 is 1.64 bits per heavy atom. The van der Waals surface area contributed by atoms with Crippen LogP contribution in [0.4, 0.5) is 0 Å². The summed E-state index contributed by atoms with van der Waals surface area (Å²) in [5.74, 6) is 0.409. The van der Waals surface area contributed by atoms with Crippen molar-refractivity contribution in [3.05, 3.63) is 21.4 Å². The maximum Gasteiger partial charge on any atom is 0.264 e. The Balaban J connectivity index is 1.43. The SMILES string of the molecule is O=C(c1cc2c(s1)CCC(C(=O)N1CCOCC1)C2)N1CCOCC1. The number of morpholine rings is 2. The van der Waals surface area contributed by atoms with E-state index < -0.39 is 0 Å². The van der Waals surface area contributed by atoms with Gasteiger partial charge in [-0.3, -0.25) is 9.59 Å². The van der Waals surface area contributed by atoms with Crippen LogP contribution in [-0.4, -0.2) is 74.2 Å². The van der Waals surface area contributed by atoms with Crippen LogP contribution in [0.15, 0.2) is 6.07 Å². The highest BCUT2D eigenvalue weighted by atomic mass is 32.1. The largest absolute Gasteiger partial charge is 0.378 e. The smallest absolute Gasteiger partial charge is 0.264 e. The Hall–Kier alpha value is -1.44. The van der Waals surface area contributed by atoms with Gasteiger partial charge in [0.05, 0.1) is 31.3 Å². The van der Waals surface area contributed by atoms with Crippen LogP contribution in [0.5, 0.6) is 0 Å². The van der Waals surface area contributed by atoms with Gasteiger partial charge in [-0.15, -0.1) is 11.3 Å². The number of hydrogen-bond donors (Lipinski definition) is 0. The van der Waals surface area contributed by atoms with Crippen molar-refractivity contribution in [2.24, 2.45) is 5.92 Å². The molecule has 2 amide bonds. The molecule has 2 fully saturated rings. The van der Waals surface area contributed by atoms with Crippen LogP contribution >= 0.6 is 11.3 Å². The van der Waals surface area contributed by atoms with Gasteiger partial charge < -0.3 is 19.3 Å². The van der Waals surface area contributed by atoms with Gasteiger partial charge in [-0.05, 0) is 30.9 Å². The summed E-state index contributed by atoms with van der Waals surface area (Å²) in [6, 6.07) is 2.02. The highest BCUT2D eigenvalue weighted by Crippen LogP contribution is 2.34. The summed E-state index contributed by atoms with van der Waals surface area (Å²) < 4.78 is 10.7. The number of hydrogen-bond acceptors (Lipinski definition) is 5. The standard InChI is InChI=1S/C18H24N2O4S/c21-17(19-3-7-23-8-4-19)13-1-2-15-14(11-13)12-16(25-15)18(22)20-5-9-24-10-6-20/h12-13H,1-11H2. The minimum Gasteiger partial charge on any atom is -0.378 e. The molecule has 3 aliphatic rings. The summed E-state index contributed by atoms with van der Waals surface area (Å²) in [6.07, 6.45) is 2.55. The van der Waals surface area contributed by atoms with E-state index in [-0.39, 0.29) is 17.7 Å². The van der Waals surface area contributed by atoms with Gasteiger partial charge in [0, 0.05) is 37.0 Å². The molecule has 0 radical (unpaired) electrons. The lowest BCUT2D eigenvalue weighted by Crippen LogP contribution is -2.44. The molecule has 1 unspecified atom stereocenters. The third kappa shape index (κ3) is 3.59. The van der Waals surface area contributed by atoms with Gasteiger partial charge in [-0.1, -0.05) is 0 Å². The molecule has 136 valence electrons. The molecule has 1 aliphatic carbocycles. The molecule has 1 atom stereocenters. The fraction of sp³-hybridized carbons (Fsp3) is 0.667. The predicted octanol–water partition coefficient (Wildman–Crippen LogP) is 1.18. The number of nitrogens with zero attached hydrogens (tertiary/aromatic N) is 2. The molecule has 2 saturated heterocycles. The molecule has 0 N–H and O–H groups in total. The Morgan fingerprint density at radius 3 is 2.32 bits per heavy atom. The molecule has 0 saturated carbocycles. The summed E-state index contributed by atoms with van der Waals surface area (Å²) in [5.41, 5.74) is 1.19. The average Bonchev–Trinajstić information content (AvgIpc) is 3.11. The van der Waals surface area contributed by atoms with Crippen molar-refractivity contribution in [2.45, 2.75) is 19.3 Å². The second kappa shape index (κ2) is 7.43. The molecule has 3 heterocycles. The first-order chi connectivity index (χ1) is 12.2. The van der Waals surface area contributed by atoms with Crippen LogP contribution in [0.25, 0.3) is 0 Å². The third-order valence-electron chi connectivity index (χ3n) is 5.26. The zero-order chi connectivity index (χ0) is 17.2. The second-order valence-electron chi connectivity index (χ2n) is 6.84. The van der Waals surface area contributed by atoms with Gasteiger partial charge in [-0.25, -0.2) is 0 Å². The van der Waals surface area contributed by atoms with E-state index in [2.05, 4.69) is 0 Å². The first-order valence-corrected chi connectivity index (χ1v) is 9.89. The summed E-state index contributed by atoms with van der Waals surface area (Å²) in [5, 5.41) is 0. The monoisotopic (exact) mass is 364 g/mol. The van der Waals surface area contributed by atoms with E-state index in [0.29, 0.717) is 52.6 Å². The van der Waals surface area contributed by atoms with Gasteiger partial charge in [0.2, 0.25) is 5.91 Å². The van der Waals surface area contributed by atoms with Crippen LogP contribution in [0.3, 0.4) is 0 Å². The van der Waals surface area contributed by atoms with Crippen LogP contribution in [0, 0.1) is 5.92 Å². The molecular weight excluding hydrogens is 340 g/mol. The van der Waals surface area contributed by atoms with Crippen molar-refractivity contribution in [1.29, 1.82) is 0 Å². The molecule has 1 aromatic rings. The maximum absolute atomic E-state index is 12.7. The highest BCUT2D eigenvalue weighted by molar-refractivity contribution is 7.14. The van der Waals surface area contributed by atoms with Crippen molar-refractivity contribution < 1.29 is 19.1 Å². The number of rotatable bonds is 2. The highest BCUT2D eigenvalue weighted by Gasteiger charge is 2.31. The molecule has 0 aromatic carbocycles. The molecular formula is C18H24N2O4S. The normalized spacial score (nSPS) is 24.1. The van der Waals surface area contributed by atoms with Crippen molar-refractivity contribution in [3.8, 4) is 0 Å². The minimum atomic E-state index is 0.0477. The molecule has 6 nitrogen and oxygen atoms in total. The van der Waals surface area contributed by atoms with E-state index >= 15 is 0 Å². The number of thiophene rings is 1. The van der Waals surface area contributed by atoms with Crippen molar-refractivity contribution in [1.82, 2.24) is 9.80 Å². The van der Waals surface area contributed by atoms with E-state index in [0.717, 1.165) is 24.1 Å². The summed E-state index contributed by atoms with van der Waals surface area (Å²) in [4.78, 5) is 31.3. The topological polar surface area (TPSA) is 59.1 Å². The lowest BCUT2D eigenvalue weighted by Gasteiger charge is -2.31. The molecule has 25 heavy (non-hydrogen) atoms. The number of carbonyl (C=O) groups is 2. The fourth-order valence-electron chi connectivity index (χ4n) is 3.80. The minimum absolute atomic E-state index is 0.0477. The molecule has 2 aliphatic heterocycles. The van der Waals surface area contributed by atoms with Crippen LogP contribution < -0.4 is 0 Å². The van der Waals surface area contributed by atoms with Gasteiger partial charge in [0.15, 0.2) is 0 Å². The number of carbonyl (C=O) groups excluding carboxylic acids is 2. The molecule has 0 spiro atoms. The number of ether oxygens (including phenoxy) is 2. The van der Waals surface area contributed by atoms with Crippen LogP contribution in [0.1, 0.15) is 26.5 Å². The zero-order valence-corrected chi connectivity index (χ0v) is 15.2. The number of fused-ring (bicyclic) bond motifs is 1. The Labute approximate surface area is 151 Å². The van der Waals surface area contributed by atoms with Crippen molar-refractivity contribution in [2.75, 3.05) is 52.6 Å². The van der Waals surface area contributed by atoms with Gasteiger partial charge in [0.1, 0.15) is 0 Å². The van der Waals surface area contributed by atoms with E-state index in [9.17, 15) is 9.59 Å². The fourth-order valence-corrected chi connectivity index (χ4v) is 4.98. The van der Waals surface area contributed by atoms with E-state index in [1.807, 2.05) is 15.9 Å². The van der Waals surface area contributed by atoms with E-state index in [1.165, 1.54) is 10.4 Å². The van der Waals surface area contributed by atoms with Crippen molar-refractivity contribution in [3.63, 3.8) is 0 Å². The summed E-state index contributed by atoms with van der Waals surface area (Å²) in [7, 11) is 0. The summed E-state index contributed by atoms with van der Waals surface area (Å²) in [6.45, 7) is 5.25. The Kier molecular flexibility index (Phi) is 5.05. The lowest BCUT2D eigenvalue weighted by atomic mass is 9.87. The number of aryl methyl sites for hydroxylation is 1. The van der Waals surface area contributed by atoms with Crippen molar-refractivity contribution >= 4 is 23.2 Å². The molecule has 7 heteroatoms. The van der Waals surface area contributed by atoms with Crippen LogP contribution in [-0.2, 0) is 27.1 Å². The third-order valence-corrected chi connectivity index (χ3v) is 6.49. The Bertz CT molecular complexity index is 648. The Morgan fingerprint density at radius 1 is 1.00 bits per heavy atom. The van der Waals surface area contributed by atoms with Gasteiger partial charge in [0.25, 0.3) is 5.91 Å². The predicted molar refractivity (Wildman–Crippen MR) is 94.0 cm³/mol. The second-order valence-corrected chi connectivity index (χ2v) is 7.98. The quantitative estimate of drug-likeness (QED) is 0.791.